The lowest BCUT2D eigenvalue weighted by Gasteiger charge is -2.30. The summed E-state index contributed by atoms with van der Waals surface area (Å²) in [5.74, 6) is 1.11. The molecule has 1 atom stereocenters. The Morgan fingerprint density at radius 2 is 1.95 bits per heavy atom. The van der Waals surface area contributed by atoms with Crippen molar-refractivity contribution in [3.05, 3.63) is 35.4 Å². The van der Waals surface area contributed by atoms with Crippen LogP contribution in [0.5, 0.6) is 0 Å². The number of carbonyl (C=O) groups excluding carboxylic acids is 1. The first kappa shape index (κ1) is 15.5. The summed E-state index contributed by atoms with van der Waals surface area (Å²) in [4.78, 5) is 15.0. The zero-order valence-electron chi connectivity index (χ0n) is 13.8. The van der Waals surface area contributed by atoms with Crippen LogP contribution in [0.4, 0.5) is 0 Å². The van der Waals surface area contributed by atoms with Gasteiger partial charge in [-0.1, -0.05) is 38.1 Å². The molecule has 3 rings (SSSR count). The number of nitrogens with zero attached hydrogens (tertiary/aromatic N) is 1. The maximum Gasteiger partial charge on any atom is 0.227 e. The van der Waals surface area contributed by atoms with E-state index in [9.17, 15) is 4.79 Å². The lowest BCUT2D eigenvalue weighted by atomic mass is 9.97. The topological polar surface area (TPSA) is 32.3 Å². The van der Waals surface area contributed by atoms with E-state index in [4.69, 9.17) is 0 Å². The van der Waals surface area contributed by atoms with Gasteiger partial charge in [0.15, 0.2) is 0 Å². The molecule has 1 heterocycles. The van der Waals surface area contributed by atoms with E-state index in [0.717, 1.165) is 32.5 Å². The van der Waals surface area contributed by atoms with Gasteiger partial charge in [-0.25, -0.2) is 0 Å². The van der Waals surface area contributed by atoms with E-state index in [0.29, 0.717) is 17.9 Å². The summed E-state index contributed by atoms with van der Waals surface area (Å²) in [6, 6.07) is 9.28. The average Bonchev–Trinajstić information content (AvgIpc) is 3.38. The standard InChI is InChI=1S/C19H28N2O/c1-14(2)16-7-5-15(6-8-16)13-21(18-9-10-18)19(22)17-4-3-11-20-12-17/h5-8,14,17-18,20H,3-4,9-13H2,1-2H3. The molecule has 1 amide bonds. The smallest absolute Gasteiger partial charge is 0.227 e. The fourth-order valence-corrected chi connectivity index (χ4v) is 3.27. The number of rotatable bonds is 5. The molecule has 0 spiro atoms. The van der Waals surface area contributed by atoms with E-state index in [1.54, 1.807) is 0 Å². The Balaban J connectivity index is 1.67. The summed E-state index contributed by atoms with van der Waals surface area (Å²) in [5, 5.41) is 3.37. The van der Waals surface area contributed by atoms with Crippen molar-refractivity contribution < 1.29 is 4.79 Å². The zero-order chi connectivity index (χ0) is 15.5. The molecule has 1 unspecified atom stereocenters. The highest BCUT2D eigenvalue weighted by atomic mass is 16.2. The molecule has 3 nitrogen and oxygen atoms in total. The highest BCUT2D eigenvalue weighted by Crippen LogP contribution is 2.31. The quantitative estimate of drug-likeness (QED) is 0.905. The Morgan fingerprint density at radius 3 is 2.50 bits per heavy atom. The Bertz CT molecular complexity index is 499. The van der Waals surface area contributed by atoms with Gasteiger partial charge in [0.05, 0.1) is 5.92 Å². The van der Waals surface area contributed by atoms with Crippen molar-refractivity contribution in [3.8, 4) is 0 Å². The van der Waals surface area contributed by atoms with E-state index in [-0.39, 0.29) is 5.92 Å². The summed E-state index contributed by atoms with van der Waals surface area (Å²) in [7, 11) is 0. The van der Waals surface area contributed by atoms with Crippen molar-refractivity contribution in [3.63, 3.8) is 0 Å². The van der Waals surface area contributed by atoms with E-state index in [1.165, 1.54) is 24.0 Å². The molecule has 0 radical (unpaired) electrons. The van der Waals surface area contributed by atoms with Gasteiger partial charge in [-0.15, -0.1) is 0 Å². The molecule has 1 aliphatic carbocycles. The van der Waals surface area contributed by atoms with Crippen molar-refractivity contribution in [1.82, 2.24) is 10.2 Å². The maximum atomic E-state index is 12.8. The van der Waals surface area contributed by atoms with Crippen molar-refractivity contribution in [2.45, 2.75) is 58.0 Å². The first-order valence-electron chi connectivity index (χ1n) is 8.75. The first-order chi connectivity index (χ1) is 10.6. The van der Waals surface area contributed by atoms with Gasteiger partial charge < -0.3 is 10.2 Å². The van der Waals surface area contributed by atoms with Crippen molar-refractivity contribution >= 4 is 5.91 Å². The number of benzene rings is 1. The number of hydrogen-bond donors (Lipinski definition) is 1. The third-order valence-corrected chi connectivity index (χ3v) is 4.92. The lowest BCUT2D eigenvalue weighted by Crippen LogP contribution is -2.43. The summed E-state index contributed by atoms with van der Waals surface area (Å²) in [6.45, 7) is 7.12. The lowest BCUT2D eigenvalue weighted by molar-refractivity contribution is -0.137. The molecule has 1 aromatic rings. The highest BCUT2D eigenvalue weighted by Gasteiger charge is 2.36. The third-order valence-electron chi connectivity index (χ3n) is 4.92. The van der Waals surface area contributed by atoms with E-state index in [1.807, 2.05) is 0 Å². The van der Waals surface area contributed by atoms with Crippen LogP contribution < -0.4 is 5.32 Å². The van der Waals surface area contributed by atoms with E-state index in [2.05, 4.69) is 48.3 Å². The third kappa shape index (κ3) is 3.70. The summed E-state index contributed by atoms with van der Waals surface area (Å²) in [6.07, 6.45) is 4.52. The number of amides is 1. The Labute approximate surface area is 134 Å². The number of carbonyl (C=O) groups is 1. The molecule has 1 aromatic carbocycles. The molecule has 2 aliphatic rings. The Hall–Kier alpha value is -1.35. The molecule has 2 fully saturated rings. The average molecular weight is 300 g/mol. The Kier molecular flexibility index (Phi) is 4.82. The molecule has 120 valence electrons. The molecule has 1 saturated carbocycles. The molecule has 0 bridgehead atoms. The molecule has 0 aromatic heterocycles. The van der Waals surface area contributed by atoms with Gasteiger partial charge in [0.2, 0.25) is 5.91 Å². The van der Waals surface area contributed by atoms with E-state index < -0.39 is 0 Å². The number of hydrogen-bond acceptors (Lipinski definition) is 2. The minimum Gasteiger partial charge on any atom is -0.335 e. The molecule has 3 heteroatoms. The fourth-order valence-electron chi connectivity index (χ4n) is 3.27. The second-order valence-electron chi connectivity index (χ2n) is 7.14. The zero-order valence-corrected chi connectivity index (χ0v) is 13.8. The largest absolute Gasteiger partial charge is 0.335 e. The number of piperidine rings is 1. The highest BCUT2D eigenvalue weighted by molar-refractivity contribution is 5.79. The molecular formula is C19H28N2O. The van der Waals surface area contributed by atoms with Crippen LogP contribution in [0.2, 0.25) is 0 Å². The molecule has 1 N–H and O–H groups in total. The molecule has 22 heavy (non-hydrogen) atoms. The van der Waals surface area contributed by atoms with Crippen LogP contribution in [0.1, 0.15) is 56.6 Å². The normalized spacial score (nSPS) is 21.9. The second kappa shape index (κ2) is 6.82. The van der Waals surface area contributed by atoms with Gasteiger partial charge >= 0.3 is 0 Å². The SMILES string of the molecule is CC(C)c1ccc(CN(C(=O)C2CCCNC2)C2CC2)cc1. The van der Waals surface area contributed by atoms with Crippen LogP contribution in [0.25, 0.3) is 0 Å². The van der Waals surface area contributed by atoms with Gasteiger partial charge in [0.25, 0.3) is 0 Å². The van der Waals surface area contributed by atoms with Crippen molar-refractivity contribution in [2.24, 2.45) is 5.92 Å². The predicted molar refractivity (Wildman–Crippen MR) is 89.7 cm³/mol. The number of nitrogens with one attached hydrogen (secondary N) is 1. The summed E-state index contributed by atoms with van der Waals surface area (Å²) in [5.41, 5.74) is 2.62. The van der Waals surface area contributed by atoms with Gasteiger partial charge in [-0.05, 0) is 49.3 Å². The monoisotopic (exact) mass is 300 g/mol. The van der Waals surface area contributed by atoms with Gasteiger partial charge in [0, 0.05) is 19.1 Å². The minimum absolute atomic E-state index is 0.185. The summed E-state index contributed by atoms with van der Waals surface area (Å²) < 4.78 is 0. The van der Waals surface area contributed by atoms with Gasteiger partial charge in [-0.3, -0.25) is 4.79 Å². The van der Waals surface area contributed by atoms with Crippen LogP contribution in [0.15, 0.2) is 24.3 Å². The van der Waals surface area contributed by atoms with Crippen LogP contribution in [0, 0.1) is 5.92 Å². The fraction of sp³-hybridized carbons (Fsp3) is 0.632. The minimum atomic E-state index is 0.185. The van der Waals surface area contributed by atoms with Crippen LogP contribution in [-0.2, 0) is 11.3 Å². The van der Waals surface area contributed by atoms with Crippen LogP contribution in [0.3, 0.4) is 0 Å². The van der Waals surface area contributed by atoms with Crippen LogP contribution in [-0.4, -0.2) is 29.9 Å². The van der Waals surface area contributed by atoms with Crippen LogP contribution >= 0.6 is 0 Å². The molecule has 1 aliphatic heterocycles. The molecule has 1 saturated heterocycles. The summed E-state index contributed by atoms with van der Waals surface area (Å²) >= 11 is 0. The van der Waals surface area contributed by atoms with E-state index >= 15 is 0 Å². The van der Waals surface area contributed by atoms with Gasteiger partial charge in [0.1, 0.15) is 0 Å². The first-order valence-corrected chi connectivity index (χ1v) is 8.75. The van der Waals surface area contributed by atoms with Gasteiger partial charge in [-0.2, -0.15) is 0 Å². The van der Waals surface area contributed by atoms with Crippen molar-refractivity contribution in [1.29, 1.82) is 0 Å². The maximum absolute atomic E-state index is 12.8. The Morgan fingerprint density at radius 1 is 1.23 bits per heavy atom. The molecular weight excluding hydrogens is 272 g/mol. The second-order valence-corrected chi connectivity index (χ2v) is 7.14. The van der Waals surface area contributed by atoms with Crippen molar-refractivity contribution in [2.75, 3.05) is 13.1 Å². The predicted octanol–water partition coefficient (Wildman–Crippen LogP) is 3.30.